The van der Waals surface area contributed by atoms with E-state index in [1.165, 1.54) is 11.8 Å². The molecule has 1 N–H and O–H groups in total. The molecule has 0 unspecified atom stereocenters. The van der Waals surface area contributed by atoms with Crippen molar-refractivity contribution in [3.05, 3.63) is 59.4 Å². The zero-order chi connectivity index (χ0) is 16.4. The fourth-order valence-corrected chi connectivity index (χ4v) is 2.98. The summed E-state index contributed by atoms with van der Waals surface area (Å²) in [6.07, 6.45) is 6.88. The van der Waals surface area contributed by atoms with Gasteiger partial charge in [0.05, 0.1) is 16.9 Å². The Balaban J connectivity index is 1.49. The third-order valence-electron chi connectivity index (χ3n) is 3.29. The van der Waals surface area contributed by atoms with Crippen LogP contribution >= 0.6 is 11.8 Å². The van der Waals surface area contributed by atoms with E-state index >= 15 is 0 Å². The van der Waals surface area contributed by atoms with Gasteiger partial charge in [-0.1, -0.05) is 6.08 Å². The standard InChI is InChI=1S/C17H12N2O4S/c20-16-15(5-1-3-12-4-2-8-21-12)24-17(19-16)18-11-6-7-13-14(9-11)23-10-22-13/h1-9H,10H2,(H,18,19,20)/b3-1+,15-5-. The molecule has 0 aliphatic carbocycles. The molecule has 120 valence electrons. The van der Waals surface area contributed by atoms with Crippen molar-refractivity contribution in [3.8, 4) is 11.5 Å². The molecule has 1 amide bonds. The second-order valence-electron chi connectivity index (χ2n) is 4.92. The first-order valence-electron chi connectivity index (χ1n) is 7.17. The minimum atomic E-state index is -0.177. The van der Waals surface area contributed by atoms with Gasteiger partial charge < -0.3 is 19.2 Å². The van der Waals surface area contributed by atoms with Crippen LogP contribution in [0.25, 0.3) is 6.08 Å². The van der Waals surface area contributed by atoms with Gasteiger partial charge in [-0.15, -0.1) is 0 Å². The highest BCUT2D eigenvalue weighted by Gasteiger charge is 2.23. The van der Waals surface area contributed by atoms with Crippen molar-refractivity contribution in [1.29, 1.82) is 0 Å². The largest absolute Gasteiger partial charge is 0.465 e. The number of carbonyl (C=O) groups excluding carboxylic acids is 1. The fourth-order valence-electron chi connectivity index (χ4n) is 2.18. The molecule has 7 heteroatoms. The molecule has 0 radical (unpaired) electrons. The molecule has 3 heterocycles. The first-order valence-corrected chi connectivity index (χ1v) is 7.99. The van der Waals surface area contributed by atoms with E-state index in [-0.39, 0.29) is 12.7 Å². The maximum absolute atomic E-state index is 12.0. The molecule has 6 nitrogen and oxygen atoms in total. The number of benzene rings is 1. The lowest BCUT2D eigenvalue weighted by Gasteiger charge is -1.98. The van der Waals surface area contributed by atoms with Gasteiger partial charge >= 0.3 is 0 Å². The van der Waals surface area contributed by atoms with Crippen LogP contribution in [0.5, 0.6) is 11.5 Å². The number of allylic oxidation sites excluding steroid dienone is 2. The molecule has 1 fully saturated rings. The number of nitrogens with one attached hydrogen (secondary N) is 1. The number of thioether (sulfide) groups is 1. The van der Waals surface area contributed by atoms with Crippen molar-refractivity contribution >= 4 is 34.6 Å². The van der Waals surface area contributed by atoms with Crippen LogP contribution in [-0.2, 0) is 4.79 Å². The van der Waals surface area contributed by atoms with Gasteiger partial charge in [-0.05, 0) is 48.2 Å². The number of nitrogens with zero attached hydrogens (tertiary/aromatic N) is 1. The second-order valence-corrected chi connectivity index (χ2v) is 5.95. The van der Waals surface area contributed by atoms with Crippen LogP contribution < -0.4 is 14.8 Å². The van der Waals surface area contributed by atoms with E-state index in [9.17, 15) is 4.79 Å². The summed E-state index contributed by atoms with van der Waals surface area (Å²) >= 11 is 1.28. The molecule has 0 saturated carbocycles. The van der Waals surface area contributed by atoms with E-state index in [0.717, 1.165) is 5.76 Å². The van der Waals surface area contributed by atoms with Gasteiger partial charge in [0.25, 0.3) is 5.91 Å². The summed E-state index contributed by atoms with van der Waals surface area (Å²) in [6, 6.07) is 9.03. The molecule has 0 atom stereocenters. The molecule has 1 aromatic heterocycles. The number of aliphatic imine (C=N–C) groups is 1. The zero-order valence-electron chi connectivity index (χ0n) is 12.4. The Hall–Kier alpha value is -2.93. The molecule has 2 aliphatic heterocycles. The third-order valence-corrected chi connectivity index (χ3v) is 4.22. The Morgan fingerprint density at radius 2 is 2.12 bits per heavy atom. The molecular weight excluding hydrogens is 328 g/mol. The first kappa shape index (κ1) is 14.6. The topological polar surface area (TPSA) is 73.1 Å². The third kappa shape index (κ3) is 3.07. The average molecular weight is 340 g/mol. The van der Waals surface area contributed by atoms with Gasteiger partial charge in [0.2, 0.25) is 6.79 Å². The quantitative estimate of drug-likeness (QED) is 0.866. The number of hydrogen-bond acceptors (Lipinski definition) is 6. The van der Waals surface area contributed by atoms with Crippen LogP contribution in [0.15, 0.2) is 63.1 Å². The number of fused-ring (bicyclic) bond motifs is 1. The molecule has 4 rings (SSSR count). The van der Waals surface area contributed by atoms with E-state index in [0.29, 0.717) is 27.3 Å². The Morgan fingerprint density at radius 3 is 3.00 bits per heavy atom. The van der Waals surface area contributed by atoms with Gasteiger partial charge in [0, 0.05) is 6.07 Å². The summed E-state index contributed by atoms with van der Waals surface area (Å²) < 4.78 is 15.8. The summed E-state index contributed by atoms with van der Waals surface area (Å²) in [4.78, 5) is 17.0. The van der Waals surface area contributed by atoms with Crippen LogP contribution in [0.1, 0.15) is 5.76 Å². The highest BCUT2D eigenvalue weighted by atomic mass is 32.2. The van der Waals surface area contributed by atoms with Crippen molar-refractivity contribution < 1.29 is 18.7 Å². The highest BCUT2D eigenvalue weighted by Crippen LogP contribution is 2.36. The lowest BCUT2D eigenvalue weighted by molar-refractivity contribution is -0.115. The predicted molar refractivity (Wildman–Crippen MR) is 91.2 cm³/mol. The number of amidine groups is 1. The Morgan fingerprint density at radius 1 is 1.21 bits per heavy atom. The fraction of sp³-hybridized carbons (Fsp3) is 0.0588. The van der Waals surface area contributed by atoms with E-state index in [2.05, 4.69) is 10.3 Å². The van der Waals surface area contributed by atoms with E-state index in [1.807, 2.05) is 12.1 Å². The molecule has 1 aromatic carbocycles. The SMILES string of the molecule is O=C1NC(=Nc2ccc3c(c2)OCO3)S/C1=C\C=C\c1ccco1. The van der Waals surface area contributed by atoms with Crippen molar-refractivity contribution in [2.45, 2.75) is 0 Å². The van der Waals surface area contributed by atoms with Crippen LogP contribution in [0.2, 0.25) is 0 Å². The molecular formula is C17H12N2O4S. The van der Waals surface area contributed by atoms with Crippen molar-refractivity contribution in [3.63, 3.8) is 0 Å². The summed E-state index contributed by atoms with van der Waals surface area (Å²) in [7, 11) is 0. The monoisotopic (exact) mass is 340 g/mol. The Kier molecular flexibility index (Phi) is 3.84. The number of rotatable bonds is 3. The van der Waals surface area contributed by atoms with E-state index in [1.54, 1.807) is 42.7 Å². The molecule has 24 heavy (non-hydrogen) atoms. The summed E-state index contributed by atoms with van der Waals surface area (Å²) in [6.45, 7) is 0.218. The second kappa shape index (κ2) is 6.29. The van der Waals surface area contributed by atoms with Gasteiger partial charge in [0.1, 0.15) is 5.76 Å². The maximum atomic E-state index is 12.0. The van der Waals surface area contributed by atoms with Gasteiger partial charge in [0.15, 0.2) is 16.7 Å². The van der Waals surface area contributed by atoms with Crippen LogP contribution in [0.3, 0.4) is 0 Å². The normalized spacial score (nSPS) is 19.6. The molecule has 0 bridgehead atoms. The molecule has 2 aliphatic rings. The van der Waals surface area contributed by atoms with Gasteiger partial charge in [-0.3, -0.25) is 4.79 Å². The highest BCUT2D eigenvalue weighted by molar-refractivity contribution is 8.18. The first-order chi connectivity index (χ1) is 11.8. The van der Waals surface area contributed by atoms with Gasteiger partial charge in [-0.25, -0.2) is 4.99 Å². The maximum Gasteiger partial charge on any atom is 0.264 e. The average Bonchev–Trinajstić information content (AvgIpc) is 3.29. The van der Waals surface area contributed by atoms with Crippen molar-refractivity contribution in [2.75, 3.05) is 6.79 Å². The van der Waals surface area contributed by atoms with Crippen LogP contribution in [0.4, 0.5) is 5.69 Å². The number of furan rings is 1. The predicted octanol–water partition coefficient (Wildman–Crippen LogP) is 3.46. The number of ether oxygens (including phenoxy) is 2. The van der Waals surface area contributed by atoms with Gasteiger partial charge in [-0.2, -0.15) is 0 Å². The van der Waals surface area contributed by atoms with Crippen molar-refractivity contribution in [1.82, 2.24) is 5.32 Å². The van der Waals surface area contributed by atoms with E-state index < -0.39 is 0 Å². The minimum absolute atomic E-state index is 0.177. The molecule has 0 spiro atoms. The Labute approximate surface area is 141 Å². The lowest BCUT2D eigenvalue weighted by Crippen LogP contribution is -2.19. The Bertz CT molecular complexity index is 869. The summed E-state index contributed by atoms with van der Waals surface area (Å²) in [5, 5.41) is 3.26. The smallest absolute Gasteiger partial charge is 0.264 e. The van der Waals surface area contributed by atoms with Crippen LogP contribution in [0, 0.1) is 0 Å². The van der Waals surface area contributed by atoms with Crippen LogP contribution in [-0.4, -0.2) is 17.9 Å². The zero-order valence-corrected chi connectivity index (χ0v) is 13.2. The number of carbonyl (C=O) groups is 1. The number of amides is 1. The van der Waals surface area contributed by atoms with E-state index in [4.69, 9.17) is 13.9 Å². The van der Waals surface area contributed by atoms with Crippen molar-refractivity contribution in [2.24, 2.45) is 4.99 Å². The molecule has 2 aromatic rings. The summed E-state index contributed by atoms with van der Waals surface area (Å²) in [5.41, 5.74) is 0.689. The summed E-state index contributed by atoms with van der Waals surface area (Å²) in [5.74, 6) is 1.90. The molecule has 1 saturated heterocycles. The number of hydrogen-bond donors (Lipinski definition) is 1. The minimum Gasteiger partial charge on any atom is -0.465 e. The lowest BCUT2D eigenvalue weighted by atomic mass is 10.3.